The number of hydrogen-bond acceptors (Lipinski definition) is 6. The zero-order valence-electron chi connectivity index (χ0n) is 13.0. The predicted octanol–water partition coefficient (Wildman–Crippen LogP) is 3.21. The summed E-state index contributed by atoms with van der Waals surface area (Å²) >= 11 is 1.59. The van der Waals surface area contributed by atoms with E-state index in [2.05, 4.69) is 20.5 Å². The molecular weight excluding hydrogens is 320 g/mol. The van der Waals surface area contributed by atoms with Gasteiger partial charge >= 0.3 is 0 Å². The van der Waals surface area contributed by atoms with Gasteiger partial charge in [-0.2, -0.15) is 4.68 Å². The first-order valence-electron chi connectivity index (χ1n) is 7.50. The summed E-state index contributed by atoms with van der Waals surface area (Å²) in [5.41, 5.74) is 3.67. The van der Waals surface area contributed by atoms with Gasteiger partial charge in [-0.1, -0.05) is 42.1 Å². The Balaban J connectivity index is 1.60. The number of aromatic nitrogens is 6. The molecule has 7 heteroatoms. The zero-order valence-corrected chi connectivity index (χ0v) is 13.8. The maximum absolute atomic E-state index is 4.70. The van der Waals surface area contributed by atoms with E-state index in [1.807, 2.05) is 61.5 Å². The predicted molar refractivity (Wildman–Crippen MR) is 93.0 cm³/mol. The van der Waals surface area contributed by atoms with Crippen molar-refractivity contribution in [3.8, 4) is 5.69 Å². The number of thioether (sulfide) groups is 1. The number of nitrogens with zero attached hydrogens (tertiary/aromatic N) is 6. The molecule has 0 aliphatic rings. The van der Waals surface area contributed by atoms with Gasteiger partial charge in [-0.3, -0.25) is 0 Å². The Labute approximate surface area is 143 Å². The molecule has 0 fully saturated rings. The molecule has 4 aromatic rings. The van der Waals surface area contributed by atoms with Crippen LogP contribution < -0.4 is 0 Å². The lowest BCUT2D eigenvalue weighted by Crippen LogP contribution is -2.02. The molecule has 0 spiro atoms. The monoisotopic (exact) mass is 334 g/mol. The average molecular weight is 334 g/mol. The lowest BCUT2D eigenvalue weighted by Gasteiger charge is -2.07. The first kappa shape index (κ1) is 14.8. The molecule has 0 saturated heterocycles. The SMILES string of the molecule is Cc1nc2ccccc2nc1SCc1nnnn1-c1ccccc1. The number of benzene rings is 2. The molecule has 0 unspecified atom stereocenters. The Hall–Kier alpha value is -2.80. The second kappa shape index (κ2) is 6.37. The lowest BCUT2D eigenvalue weighted by molar-refractivity contribution is 0.777. The van der Waals surface area contributed by atoms with Gasteiger partial charge in [0.2, 0.25) is 0 Å². The molecule has 6 nitrogen and oxygen atoms in total. The summed E-state index contributed by atoms with van der Waals surface area (Å²) in [4.78, 5) is 9.31. The Morgan fingerprint density at radius 1 is 0.917 bits per heavy atom. The molecule has 2 aromatic heterocycles. The smallest absolute Gasteiger partial charge is 0.166 e. The van der Waals surface area contributed by atoms with Gasteiger partial charge in [-0.25, -0.2) is 9.97 Å². The summed E-state index contributed by atoms with van der Waals surface area (Å²) in [6.07, 6.45) is 0. The summed E-state index contributed by atoms with van der Waals surface area (Å²) in [6, 6.07) is 17.7. The van der Waals surface area contributed by atoms with Crippen LogP contribution in [0.5, 0.6) is 0 Å². The molecule has 0 saturated carbocycles. The number of aryl methyl sites for hydroxylation is 1. The van der Waals surface area contributed by atoms with E-state index < -0.39 is 0 Å². The molecule has 0 aliphatic carbocycles. The molecule has 2 aromatic carbocycles. The van der Waals surface area contributed by atoms with E-state index in [-0.39, 0.29) is 0 Å². The summed E-state index contributed by atoms with van der Waals surface area (Å²) in [6.45, 7) is 1.97. The topological polar surface area (TPSA) is 69.4 Å². The van der Waals surface area contributed by atoms with E-state index in [1.54, 1.807) is 16.4 Å². The van der Waals surface area contributed by atoms with Crippen molar-refractivity contribution in [2.45, 2.75) is 17.7 Å². The standard InChI is InChI=1S/C17H14N6S/c1-12-17(19-15-10-6-5-9-14(15)18-12)24-11-16-20-21-22-23(16)13-7-3-2-4-8-13/h2-10H,11H2,1H3. The van der Waals surface area contributed by atoms with E-state index in [9.17, 15) is 0 Å². The van der Waals surface area contributed by atoms with Gasteiger partial charge in [0, 0.05) is 0 Å². The van der Waals surface area contributed by atoms with Gasteiger partial charge in [0.05, 0.1) is 28.2 Å². The highest BCUT2D eigenvalue weighted by atomic mass is 32.2. The van der Waals surface area contributed by atoms with Crippen LogP contribution in [0, 0.1) is 6.92 Å². The first-order valence-corrected chi connectivity index (χ1v) is 8.49. The number of para-hydroxylation sites is 3. The molecule has 0 atom stereocenters. The number of tetrazole rings is 1. The van der Waals surface area contributed by atoms with Crippen LogP contribution in [0.15, 0.2) is 59.6 Å². The van der Waals surface area contributed by atoms with Crippen LogP contribution in [0.4, 0.5) is 0 Å². The minimum atomic E-state index is 0.621. The van der Waals surface area contributed by atoms with Gasteiger partial charge in [0.25, 0.3) is 0 Å². The third-order valence-corrected chi connectivity index (χ3v) is 4.64. The maximum atomic E-state index is 4.70. The maximum Gasteiger partial charge on any atom is 0.166 e. The van der Waals surface area contributed by atoms with Crippen molar-refractivity contribution in [1.29, 1.82) is 0 Å². The second-order valence-electron chi connectivity index (χ2n) is 5.23. The first-order chi connectivity index (χ1) is 11.8. The molecule has 4 rings (SSSR count). The van der Waals surface area contributed by atoms with Crippen molar-refractivity contribution in [2.75, 3.05) is 0 Å². The van der Waals surface area contributed by atoms with Gasteiger partial charge < -0.3 is 0 Å². The van der Waals surface area contributed by atoms with Crippen molar-refractivity contribution in [1.82, 2.24) is 30.2 Å². The van der Waals surface area contributed by atoms with Crippen molar-refractivity contribution in [3.05, 3.63) is 66.1 Å². The number of hydrogen-bond donors (Lipinski definition) is 0. The largest absolute Gasteiger partial charge is 0.249 e. The Bertz CT molecular complexity index is 983. The molecule has 0 bridgehead atoms. The Kier molecular flexibility index (Phi) is 3.92. The van der Waals surface area contributed by atoms with Crippen LogP contribution in [-0.2, 0) is 5.75 Å². The molecule has 0 aliphatic heterocycles. The summed E-state index contributed by atoms with van der Waals surface area (Å²) < 4.78 is 1.75. The van der Waals surface area contributed by atoms with Crippen LogP contribution in [0.3, 0.4) is 0 Å². The van der Waals surface area contributed by atoms with Crippen LogP contribution in [0.1, 0.15) is 11.5 Å². The van der Waals surface area contributed by atoms with Gasteiger partial charge in [-0.15, -0.1) is 5.10 Å². The minimum absolute atomic E-state index is 0.621. The number of fused-ring (bicyclic) bond motifs is 1. The molecule has 0 N–H and O–H groups in total. The van der Waals surface area contributed by atoms with Gasteiger partial charge in [0.1, 0.15) is 5.03 Å². The van der Waals surface area contributed by atoms with E-state index >= 15 is 0 Å². The van der Waals surface area contributed by atoms with Crippen LogP contribution in [0.25, 0.3) is 16.7 Å². The van der Waals surface area contributed by atoms with Crippen LogP contribution >= 0.6 is 11.8 Å². The minimum Gasteiger partial charge on any atom is -0.249 e. The summed E-state index contributed by atoms with van der Waals surface area (Å²) in [7, 11) is 0. The van der Waals surface area contributed by atoms with Crippen molar-refractivity contribution in [2.24, 2.45) is 0 Å². The molecule has 118 valence electrons. The second-order valence-corrected chi connectivity index (χ2v) is 6.20. The Morgan fingerprint density at radius 3 is 2.42 bits per heavy atom. The fourth-order valence-electron chi connectivity index (χ4n) is 2.41. The van der Waals surface area contributed by atoms with Gasteiger partial charge in [-0.05, 0) is 41.6 Å². The summed E-state index contributed by atoms with van der Waals surface area (Å²) in [5, 5.41) is 12.9. The van der Waals surface area contributed by atoms with E-state index in [4.69, 9.17) is 4.98 Å². The fraction of sp³-hybridized carbons (Fsp3) is 0.118. The molecule has 2 heterocycles. The van der Waals surface area contributed by atoms with E-state index in [0.29, 0.717) is 5.75 Å². The van der Waals surface area contributed by atoms with Crippen molar-refractivity contribution >= 4 is 22.8 Å². The lowest BCUT2D eigenvalue weighted by atomic mass is 10.3. The molecule has 0 amide bonds. The Morgan fingerprint density at radius 2 is 1.62 bits per heavy atom. The highest BCUT2D eigenvalue weighted by Gasteiger charge is 2.11. The molecular formula is C17H14N6S. The highest BCUT2D eigenvalue weighted by Crippen LogP contribution is 2.25. The van der Waals surface area contributed by atoms with Crippen molar-refractivity contribution < 1.29 is 0 Å². The molecule has 0 radical (unpaired) electrons. The third-order valence-electron chi connectivity index (χ3n) is 3.57. The van der Waals surface area contributed by atoms with Gasteiger partial charge in [0.15, 0.2) is 5.82 Å². The number of rotatable bonds is 4. The van der Waals surface area contributed by atoms with Crippen LogP contribution in [0.2, 0.25) is 0 Å². The summed E-state index contributed by atoms with van der Waals surface area (Å²) in [5.74, 6) is 1.40. The highest BCUT2D eigenvalue weighted by molar-refractivity contribution is 7.98. The zero-order chi connectivity index (χ0) is 16.4. The average Bonchev–Trinajstić information content (AvgIpc) is 3.09. The molecule has 24 heavy (non-hydrogen) atoms. The normalized spacial score (nSPS) is 11.0. The third kappa shape index (κ3) is 2.85. The fourth-order valence-corrected chi connectivity index (χ4v) is 3.27. The van der Waals surface area contributed by atoms with E-state index in [0.717, 1.165) is 33.3 Å². The van der Waals surface area contributed by atoms with Crippen LogP contribution in [-0.4, -0.2) is 30.2 Å². The van der Waals surface area contributed by atoms with E-state index in [1.165, 1.54) is 0 Å². The van der Waals surface area contributed by atoms with Crippen molar-refractivity contribution in [3.63, 3.8) is 0 Å². The quantitative estimate of drug-likeness (QED) is 0.534.